The van der Waals surface area contributed by atoms with E-state index in [-0.39, 0.29) is 5.91 Å². The molecule has 3 N–H and O–H groups in total. The van der Waals surface area contributed by atoms with E-state index in [2.05, 4.69) is 52.3 Å². The second-order valence-electron chi connectivity index (χ2n) is 9.85. The Morgan fingerprint density at radius 1 is 1.05 bits per heavy atom. The van der Waals surface area contributed by atoms with Gasteiger partial charge in [-0.05, 0) is 39.3 Å². The van der Waals surface area contributed by atoms with Crippen molar-refractivity contribution in [1.82, 2.24) is 44.9 Å². The number of H-pyrrole nitrogens is 2. The zero-order chi connectivity index (χ0) is 26.2. The van der Waals surface area contributed by atoms with Crippen molar-refractivity contribution in [2.45, 2.75) is 0 Å². The summed E-state index contributed by atoms with van der Waals surface area (Å²) in [6, 6.07) is 5.93. The van der Waals surface area contributed by atoms with Crippen LogP contribution in [-0.2, 0) is 4.79 Å². The van der Waals surface area contributed by atoms with Gasteiger partial charge in [-0.25, -0.2) is 15.0 Å². The van der Waals surface area contributed by atoms with Gasteiger partial charge >= 0.3 is 0 Å². The maximum absolute atomic E-state index is 12.2. The van der Waals surface area contributed by atoms with Gasteiger partial charge < -0.3 is 25.0 Å². The Hall–Kier alpha value is -4.42. The molecule has 0 atom stereocenters. The zero-order valence-corrected chi connectivity index (χ0v) is 21.6. The lowest BCUT2D eigenvalue weighted by molar-refractivity contribution is -0.116. The smallest absolute Gasteiger partial charge is 0.238 e. The van der Waals surface area contributed by atoms with Crippen molar-refractivity contribution in [1.29, 1.82) is 0 Å². The van der Waals surface area contributed by atoms with Crippen LogP contribution < -0.4 is 10.2 Å². The highest BCUT2D eigenvalue weighted by molar-refractivity contribution is 5.96. The van der Waals surface area contributed by atoms with Crippen LogP contribution in [0.5, 0.6) is 0 Å². The van der Waals surface area contributed by atoms with E-state index in [1.165, 1.54) is 0 Å². The van der Waals surface area contributed by atoms with Gasteiger partial charge in [-0.3, -0.25) is 14.9 Å². The summed E-state index contributed by atoms with van der Waals surface area (Å²) < 4.78 is 0. The molecule has 6 rings (SSSR count). The number of anilines is 2. The Balaban J connectivity index is 1.34. The average Bonchev–Trinajstić information content (AvgIpc) is 3.52. The van der Waals surface area contributed by atoms with Crippen LogP contribution >= 0.6 is 0 Å². The molecule has 1 aliphatic rings. The van der Waals surface area contributed by atoms with Crippen molar-refractivity contribution in [2.24, 2.45) is 0 Å². The van der Waals surface area contributed by atoms with E-state index >= 15 is 0 Å². The van der Waals surface area contributed by atoms with Gasteiger partial charge in [0, 0.05) is 55.9 Å². The number of hydrogen-bond acceptors (Lipinski definition) is 9. The van der Waals surface area contributed by atoms with Crippen molar-refractivity contribution in [3.63, 3.8) is 0 Å². The third-order valence-electron chi connectivity index (χ3n) is 6.68. The van der Waals surface area contributed by atoms with Crippen molar-refractivity contribution in [3.05, 3.63) is 43.0 Å². The van der Waals surface area contributed by atoms with Crippen LogP contribution in [0.4, 0.5) is 11.4 Å². The summed E-state index contributed by atoms with van der Waals surface area (Å²) in [5.74, 6) is 0.549. The third kappa shape index (κ3) is 4.66. The maximum Gasteiger partial charge on any atom is 0.238 e. The second-order valence-corrected chi connectivity index (χ2v) is 9.85. The second kappa shape index (κ2) is 9.80. The van der Waals surface area contributed by atoms with Crippen LogP contribution in [0.1, 0.15) is 0 Å². The molecule has 38 heavy (non-hydrogen) atoms. The molecule has 194 valence electrons. The first-order valence-electron chi connectivity index (χ1n) is 12.5. The number of likely N-dealkylation sites (N-methyl/N-ethyl adjacent to an activating group) is 2. The first-order valence-corrected chi connectivity index (χ1v) is 12.5. The number of pyridine rings is 3. The highest BCUT2D eigenvalue weighted by Gasteiger charge is 2.20. The minimum atomic E-state index is -0.103. The predicted molar refractivity (Wildman–Crippen MR) is 147 cm³/mol. The predicted octanol–water partition coefficient (Wildman–Crippen LogP) is 2.21. The monoisotopic (exact) mass is 511 g/mol. The Morgan fingerprint density at radius 3 is 2.68 bits per heavy atom. The van der Waals surface area contributed by atoms with Crippen LogP contribution in [0.15, 0.2) is 43.0 Å². The molecular formula is C26H29N11O. The van der Waals surface area contributed by atoms with E-state index in [0.29, 0.717) is 29.4 Å². The molecule has 5 aromatic rings. The van der Waals surface area contributed by atoms with E-state index in [9.17, 15) is 4.79 Å². The summed E-state index contributed by atoms with van der Waals surface area (Å²) >= 11 is 0. The molecule has 1 aliphatic heterocycles. The molecule has 12 heteroatoms. The number of nitrogens with one attached hydrogen (secondary N) is 3. The maximum atomic E-state index is 12.2. The molecular weight excluding hydrogens is 482 g/mol. The number of rotatable bonds is 6. The number of imidazole rings is 1. The molecule has 5 aromatic heterocycles. The van der Waals surface area contributed by atoms with Crippen molar-refractivity contribution >= 4 is 39.5 Å². The first-order chi connectivity index (χ1) is 18.4. The average molecular weight is 512 g/mol. The fraction of sp³-hybridized carbons (Fsp3) is 0.308. The summed E-state index contributed by atoms with van der Waals surface area (Å²) in [6.07, 6.45) is 6.94. The minimum absolute atomic E-state index is 0.103. The molecule has 0 spiro atoms. The highest BCUT2D eigenvalue weighted by atomic mass is 16.2. The standard InChI is InChI=1S/C26H29N11O/c1-35(2)15-21(38)30-18-10-16(12-27-14-18)17-11-19-22(33-34-24(19)29-13-17)26-31-23-20(4-5-28-25(23)32-26)37-8-6-36(3)7-9-37/h4-5,10-14H,6-9,15H2,1-3H3,(H,30,38)(H,28,31,32)(H,29,33,34). The molecule has 1 fully saturated rings. The lowest BCUT2D eigenvalue weighted by atomic mass is 10.1. The fourth-order valence-electron chi connectivity index (χ4n) is 4.72. The van der Waals surface area contributed by atoms with Crippen molar-refractivity contribution < 1.29 is 4.79 Å². The van der Waals surface area contributed by atoms with Gasteiger partial charge in [-0.2, -0.15) is 5.10 Å². The van der Waals surface area contributed by atoms with E-state index in [1.54, 1.807) is 18.6 Å². The molecule has 1 amide bonds. The van der Waals surface area contributed by atoms with E-state index in [1.807, 2.05) is 43.4 Å². The lowest BCUT2D eigenvalue weighted by Gasteiger charge is -2.34. The SMILES string of the molecule is CN(C)CC(=O)Nc1cncc(-c2cnc3n[nH]c(-c4nc5nccc(N6CCN(C)CC6)c5[nH]4)c3c2)c1. The summed E-state index contributed by atoms with van der Waals surface area (Å²) in [5, 5.41) is 11.2. The quantitative estimate of drug-likeness (QED) is 0.314. The fourth-order valence-corrected chi connectivity index (χ4v) is 4.72. The Kier molecular flexibility index (Phi) is 6.18. The molecule has 0 unspecified atom stereocenters. The molecule has 6 heterocycles. The number of nitrogens with zero attached hydrogens (tertiary/aromatic N) is 8. The number of amides is 1. The number of fused-ring (bicyclic) bond motifs is 2. The van der Waals surface area contributed by atoms with Crippen molar-refractivity contribution in [2.75, 3.05) is 64.1 Å². The third-order valence-corrected chi connectivity index (χ3v) is 6.68. The van der Waals surface area contributed by atoms with E-state index in [4.69, 9.17) is 4.98 Å². The van der Waals surface area contributed by atoms with Gasteiger partial charge in [0.15, 0.2) is 17.1 Å². The molecule has 0 radical (unpaired) electrons. The number of hydrogen-bond donors (Lipinski definition) is 3. The minimum Gasteiger partial charge on any atom is -0.367 e. The summed E-state index contributed by atoms with van der Waals surface area (Å²) in [7, 11) is 5.85. The highest BCUT2D eigenvalue weighted by Crippen LogP contribution is 2.31. The summed E-state index contributed by atoms with van der Waals surface area (Å²) in [4.78, 5) is 40.3. The normalized spacial score (nSPS) is 14.6. The van der Waals surface area contributed by atoms with Crippen molar-refractivity contribution in [3.8, 4) is 22.6 Å². The molecule has 0 aromatic carbocycles. The topological polar surface area (TPSA) is 135 Å². The van der Waals surface area contributed by atoms with Crippen LogP contribution in [0.25, 0.3) is 44.8 Å². The van der Waals surface area contributed by atoms with Gasteiger partial charge in [-0.15, -0.1) is 0 Å². The van der Waals surface area contributed by atoms with E-state index < -0.39 is 0 Å². The van der Waals surface area contributed by atoms with E-state index in [0.717, 1.165) is 59.6 Å². The number of carbonyl (C=O) groups is 1. The van der Waals surface area contributed by atoms with Gasteiger partial charge in [0.1, 0.15) is 11.2 Å². The van der Waals surface area contributed by atoms with Gasteiger partial charge in [-0.1, -0.05) is 0 Å². The van der Waals surface area contributed by atoms with Gasteiger partial charge in [0.05, 0.1) is 29.5 Å². The molecule has 1 saturated heterocycles. The summed E-state index contributed by atoms with van der Waals surface area (Å²) in [5.41, 5.74) is 6.30. The molecule has 0 aliphatic carbocycles. The van der Waals surface area contributed by atoms with Crippen LogP contribution in [0, 0.1) is 0 Å². The Morgan fingerprint density at radius 2 is 1.87 bits per heavy atom. The number of piperazine rings is 1. The Bertz CT molecular complexity index is 1610. The largest absolute Gasteiger partial charge is 0.367 e. The zero-order valence-electron chi connectivity index (χ0n) is 21.6. The number of aromatic amines is 2. The van der Waals surface area contributed by atoms with Crippen LogP contribution in [0.2, 0.25) is 0 Å². The van der Waals surface area contributed by atoms with Crippen LogP contribution in [-0.4, -0.2) is 105 Å². The van der Waals surface area contributed by atoms with Gasteiger partial charge in [0.2, 0.25) is 5.91 Å². The lowest BCUT2D eigenvalue weighted by Crippen LogP contribution is -2.44. The first kappa shape index (κ1) is 23.9. The molecule has 0 saturated carbocycles. The molecule has 12 nitrogen and oxygen atoms in total. The summed E-state index contributed by atoms with van der Waals surface area (Å²) in [6.45, 7) is 4.22. The molecule has 0 bridgehead atoms. The number of aromatic nitrogens is 7. The van der Waals surface area contributed by atoms with Crippen LogP contribution in [0.3, 0.4) is 0 Å². The van der Waals surface area contributed by atoms with Gasteiger partial charge in [0.25, 0.3) is 0 Å². The number of carbonyl (C=O) groups excluding carboxylic acids is 1. The Labute approximate surface area is 219 Å².